The number of nitrogens with zero attached hydrogens (tertiary/aromatic N) is 4. The van der Waals surface area contributed by atoms with Crippen molar-refractivity contribution in [3.05, 3.63) is 24.3 Å². The van der Waals surface area contributed by atoms with Crippen LogP contribution in [-0.4, -0.2) is 62.6 Å². The number of rotatable bonds is 3. The lowest BCUT2D eigenvalue weighted by molar-refractivity contribution is -0.153. The van der Waals surface area contributed by atoms with Crippen molar-refractivity contribution in [3.63, 3.8) is 0 Å². The number of likely N-dealkylation sites (tertiary alicyclic amines) is 2. The van der Waals surface area contributed by atoms with Crippen molar-refractivity contribution in [1.82, 2.24) is 19.8 Å². The fourth-order valence-corrected chi connectivity index (χ4v) is 4.24. The highest BCUT2D eigenvalue weighted by atomic mass is 16.3. The summed E-state index contributed by atoms with van der Waals surface area (Å²) in [5.41, 5.74) is -0.607. The van der Waals surface area contributed by atoms with Crippen molar-refractivity contribution in [2.75, 3.05) is 26.2 Å². The third-order valence-corrected chi connectivity index (χ3v) is 6.11. The number of hydrogen-bond donors (Lipinski definition) is 1. The van der Waals surface area contributed by atoms with Gasteiger partial charge in [0.15, 0.2) is 0 Å². The highest BCUT2D eigenvalue weighted by molar-refractivity contribution is 5.79. The highest BCUT2D eigenvalue weighted by Crippen LogP contribution is 2.37. The van der Waals surface area contributed by atoms with Crippen molar-refractivity contribution < 1.29 is 9.90 Å². The molecule has 4 rings (SSSR count). The van der Waals surface area contributed by atoms with E-state index in [1.54, 1.807) is 12.4 Å². The van der Waals surface area contributed by atoms with Crippen LogP contribution in [0, 0.1) is 11.8 Å². The van der Waals surface area contributed by atoms with Crippen molar-refractivity contribution in [3.8, 4) is 0 Å². The predicted octanol–water partition coefficient (Wildman–Crippen LogP) is 1.06. The van der Waals surface area contributed by atoms with Crippen LogP contribution in [0.5, 0.6) is 0 Å². The first-order chi connectivity index (χ1) is 11.6. The molecule has 2 atom stereocenters. The molecule has 1 saturated carbocycles. The summed E-state index contributed by atoms with van der Waals surface area (Å²) >= 11 is 0. The number of carbonyl (C=O) groups excluding carboxylic acids is 1. The second-order valence-corrected chi connectivity index (χ2v) is 7.61. The molecule has 130 valence electrons. The topological polar surface area (TPSA) is 69.6 Å². The molecule has 2 saturated heterocycles. The van der Waals surface area contributed by atoms with Gasteiger partial charge < -0.3 is 10.0 Å². The van der Waals surface area contributed by atoms with Crippen LogP contribution >= 0.6 is 0 Å². The van der Waals surface area contributed by atoms with E-state index in [9.17, 15) is 9.90 Å². The molecule has 0 aromatic carbocycles. The van der Waals surface area contributed by atoms with Crippen molar-refractivity contribution in [2.24, 2.45) is 11.8 Å². The molecule has 0 bridgehead atoms. The van der Waals surface area contributed by atoms with Crippen molar-refractivity contribution in [1.29, 1.82) is 0 Å². The van der Waals surface area contributed by atoms with Gasteiger partial charge in [-0.15, -0.1) is 0 Å². The van der Waals surface area contributed by atoms with E-state index in [-0.39, 0.29) is 11.8 Å². The minimum Gasteiger partial charge on any atom is -0.389 e. The van der Waals surface area contributed by atoms with E-state index in [2.05, 4.69) is 14.9 Å². The molecular formula is C18H26N4O2. The van der Waals surface area contributed by atoms with Gasteiger partial charge in [-0.2, -0.15) is 0 Å². The number of hydrogen-bond acceptors (Lipinski definition) is 5. The Bertz CT molecular complexity index is 592. The molecular weight excluding hydrogens is 304 g/mol. The van der Waals surface area contributed by atoms with E-state index >= 15 is 0 Å². The fraction of sp³-hybridized carbons (Fsp3) is 0.722. The van der Waals surface area contributed by atoms with Crippen LogP contribution in [0.3, 0.4) is 0 Å². The Morgan fingerprint density at radius 1 is 1.21 bits per heavy atom. The van der Waals surface area contributed by atoms with Crippen LogP contribution in [-0.2, 0) is 11.3 Å². The predicted molar refractivity (Wildman–Crippen MR) is 88.9 cm³/mol. The molecule has 0 unspecified atom stereocenters. The average molecular weight is 330 g/mol. The fourth-order valence-electron chi connectivity index (χ4n) is 4.24. The SMILES string of the molecule is O=C(C1CCC1)N1CC[C@]2(O)CCN(Cc3ncccn3)C[C@@H]2C1. The first kappa shape index (κ1) is 16.0. The zero-order chi connectivity index (χ0) is 16.6. The Balaban J connectivity index is 1.40. The van der Waals surface area contributed by atoms with Gasteiger partial charge in [0.05, 0.1) is 12.1 Å². The van der Waals surface area contributed by atoms with Crippen LogP contribution in [0.1, 0.15) is 37.9 Å². The van der Waals surface area contributed by atoms with E-state index in [0.29, 0.717) is 32.0 Å². The van der Waals surface area contributed by atoms with E-state index in [4.69, 9.17) is 0 Å². The standard InChI is InChI=1S/C18H26N4O2/c23-17(14-3-1-4-14)22-10-6-18(24)5-9-21(11-15(18)12-22)13-16-19-7-2-8-20-16/h2,7-8,14-15,24H,1,3-6,9-13H2/t15-,18-/m1/s1. The molecule has 1 aromatic heterocycles. The van der Waals surface area contributed by atoms with E-state index in [0.717, 1.165) is 38.2 Å². The second-order valence-electron chi connectivity index (χ2n) is 7.61. The Morgan fingerprint density at radius 2 is 1.96 bits per heavy atom. The summed E-state index contributed by atoms with van der Waals surface area (Å²) in [6.07, 6.45) is 8.29. The summed E-state index contributed by atoms with van der Waals surface area (Å²) in [4.78, 5) is 25.5. The van der Waals surface area contributed by atoms with Gasteiger partial charge in [0.1, 0.15) is 5.82 Å². The number of aromatic nitrogens is 2. The largest absolute Gasteiger partial charge is 0.389 e. The molecule has 1 amide bonds. The molecule has 0 radical (unpaired) electrons. The van der Waals surface area contributed by atoms with Crippen LogP contribution < -0.4 is 0 Å². The Hall–Kier alpha value is -1.53. The molecule has 24 heavy (non-hydrogen) atoms. The summed E-state index contributed by atoms with van der Waals surface area (Å²) in [5, 5.41) is 11.0. The first-order valence-corrected chi connectivity index (χ1v) is 9.13. The van der Waals surface area contributed by atoms with Gasteiger partial charge in [-0.05, 0) is 31.7 Å². The Morgan fingerprint density at radius 3 is 2.67 bits per heavy atom. The van der Waals surface area contributed by atoms with Gasteiger partial charge in [-0.1, -0.05) is 6.42 Å². The molecule has 1 aromatic rings. The Kier molecular flexibility index (Phi) is 4.26. The highest BCUT2D eigenvalue weighted by Gasteiger charge is 2.46. The maximum Gasteiger partial charge on any atom is 0.225 e. The van der Waals surface area contributed by atoms with Gasteiger partial charge in [0.25, 0.3) is 0 Å². The summed E-state index contributed by atoms with van der Waals surface area (Å²) < 4.78 is 0. The van der Waals surface area contributed by atoms with Crippen LogP contribution in [0.15, 0.2) is 18.5 Å². The number of amides is 1. The van der Waals surface area contributed by atoms with Crippen molar-refractivity contribution in [2.45, 2.75) is 44.2 Å². The molecule has 1 N–H and O–H groups in total. The zero-order valence-electron chi connectivity index (χ0n) is 14.1. The van der Waals surface area contributed by atoms with E-state index in [1.807, 2.05) is 11.0 Å². The molecule has 3 fully saturated rings. The second kappa shape index (κ2) is 6.41. The van der Waals surface area contributed by atoms with Crippen molar-refractivity contribution >= 4 is 5.91 Å². The maximum absolute atomic E-state index is 12.5. The molecule has 0 spiro atoms. The molecule has 3 heterocycles. The van der Waals surface area contributed by atoms with Crippen LogP contribution in [0.25, 0.3) is 0 Å². The third-order valence-electron chi connectivity index (χ3n) is 6.11. The maximum atomic E-state index is 12.5. The number of fused-ring (bicyclic) bond motifs is 1. The molecule has 2 aliphatic heterocycles. The molecule has 6 nitrogen and oxygen atoms in total. The molecule has 3 aliphatic rings. The minimum absolute atomic E-state index is 0.132. The lowest BCUT2D eigenvalue weighted by Gasteiger charge is -2.50. The van der Waals surface area contributed by atoms with Crippen LogP contribution in [0.4, 0.5) is 0 Å². The molecule has 1 aliphatic carbocycles. The summed E-state index contributed by atoms with van der Waals surface area (Å²) in [6, 6.07) is 1.82. The zero-order valence-corrected chi connectivity index (χ0v) is 14.1. The van der Waals surface area contributed by atoms with Gasteiger partial charge >= 0.3 is 0 Å². The number of carbonyl (C=O) groups is 1. The van der Waals surface area contributed by atoms with Crippen LogP contribution in [0.2, 0.25) is 0 Å². The lowest BCUT2D eigenvalue weighted by atomic mass is 9.75. The number of piperidine rings is 2. The summed E-state index contributed by atoms with van der Waals surface area (Å²) in [6.45, 7) is 3.79. The van der Waals surface area contributed by atoms with Gasteiger partial charge in [-0.3, -0.25) is 9.69 Å². The normalized spacial score (nSPS) is 31.4. The third kappa shape index (κ3) is 3.05. The first-order valence-electron chi connectivity index (χ1n) is 9.13. The quantitative estimate of drug-likeness (QED) is 0.897. The smallest absolute Gasteiger partial charge is 0.225 e. The van der Waals surface area contributed by atoms with Gasteiger partial charge in [0, 0.05) is 50.4 Å². The number of aliphatic hydroxyl groups is 1. The molecule has 6 heteroatoms. The Labute approximate surface area is 142 Å². The lowest BCUT2D eigenvalue weighted by Crippen LogP contribution is -2.61. The van der Waals surface area contributed by atoms with E-state index in [1.165, 1.54) is 6.42 Å². The van der Waals surface area contributed by atoms with E-state index < -0.39 is 5.60 Å². The summed E-state index contributed by atoms with van der Waals surface area (Å²) in [5.74, 6) is 1.51. The monoisotopic (exact) mass is 330 g/mol. The van der Waals surface area contributed by atoms with Gasteiger partial charge in [-0.25, -0.2) is 9.97 Å². The summed E-state index contributed by atoms with van der Waals surface area (Å²) in [7, 11) is 0. The van der Waals surface area contributed by atoms with Gasteiger partial charge in [0.2, 0.25) is 5.91 Å². The minimum atomic E-state index is -0.607. The average Bonchev–Trinajstić information content (AvgIpc) is 2.54.